The molecule has 14 aromatic rings. The molecule has 4 nitrogen and oxygen atoms in total. The summed E-state index contributed by atoms with van der Waals surface area (Å²) in [6.45, 7) is 21.2. The van der Waals surface area contributed by atoms with Crippen molar-refractivity contribution in [2.45, 2.75) is 78.6 Å². The molecule has 74 heavy (non-hydrogen) atoms. The van der Waals surface area contributed by atoms with Crippen LogP contribution >= 0.6 is 0 Å². The Labute approximate surface area is 433 Å². The first kappa shape index (κ1) is 44.4. The molecule has 0 fully saturated rings. The van der Waals surface area contributed by atoms with Crippen LogP contribution in [0.25, 0.3) is 87.0 Å². The number of aromatic nitrogens is 2. The Kier molecular flexibility index (Phi) is 9.35. The van der Waals surface area contributed by atoms with Crippen LogP contribution in [0.4, 0.5) is 34.1 Å². The van der Waals surface area contributed by atoms with Gasteiger partial charge < -0.3 is 18.6 Å². The third kappa shape index (κ3) is 6.46. The molecular formula is C70H60N4. The molecule has 14 rings (SSSR count). The van der Waals surface area contributed by atoms with Crippen LogP contribution < -0.4 is 9.80 Å². The van der Waals surface area contributed by atoms with E-state index in [-0.39, 0.29) is 16.2 Å². The maximum Gasteiger partial charge on any atom is 0.0789 e. The van der Waals surface area contributed by atoms with E-state index in [1.807, 2.05) is 0 Å². The van der Waals surface area contributed by atoms with Crippen molar-refractivity contribution in [2.75, 3.05) is 9.80 Å². The van der Waals surface area contributed by atoms with Gasteiger partial charge in [0.05, 0.1) is 44.5 Å². The van der Waals surface area contributed by atoms with E-state index in [0.29, 0.717) is 0 Å². The quantitative estimate of drug-likeness (QED) is 0.165. The van der Waals surface area contributed by atoms with Gasteiger partial charge in [0.2, 0.25) is 0 Å². The fraction of sp³-hybridized carbons (Fsp3) is 0.171. The van der Waals surface area contributed by atoms with Gasteiger partial charge in [0, 0.05) is 65.8 Å². The van der Waals surface area contributed by atoms with Crippen LogP contribution in [0.1, 0.15) is 79.0 Å². The fourth-order valence-corrected chi connectivity index (χ4v) is 12.3. The smallest absolute Gasteiger partial charge is 0.0789 e. The molecular weight excluding hydrogens is 897 g/mol. The first-order valence-corrected chi connectivity index (χ1v) is 26.3. The molecule has 0 aliphatic carbocycles. The van der Waals surface area contributed by atoms with E-state index in [4.69, 9.17) is 0 Å². The Bertz CT molecular complexity index is 4430. The number of hydrogen-bond acceptors (Lipinski definition) is 2. The van der Waals surface area contributed by atoms with Crippen LogP contribution in [0.5, 0.6) is 0 Å². The normalized spacial score (nSPS) is 12.9. The monoisotopic (exact) mass is 956 g/mol. The summed E-state index contributed by atoms with van der Waals surface area (Å²) in [7, 11) is 0. The summed E-state index contributed by atoms with van der Waals surface area (Å²) < 4.78 is 5.29. The van der Waals surface area contributed by atoms with Crippen molar-refractivity contribution >= 4 is 121 Å². The van der Waals surface area contributed by atoms with Gasteiger partial charge in [0.25, 0.3) is 0 Å². The van der Waals surface area contributed by atoms with Crippen molar-refractivity contribution in [3.8, 4) is 0 Å². The Morgan fingerprint density at radius 1 is 0.284 bits per heavy atom. The molecule has 0 atom stereocenters. The zero-order chi connectivity index (χ0) is 50.6. The number of fused-ring (bicyclic) bond motifs is 14. The molecule has 4 heteroatoms. The summed E-state index contributed by atoms with van der Waals surface area (Å²) in [5, 5.41) is 12.7. The average Bonchev–Trinajstić information content (AvgIpc) is 4.12. The lowest BCUT2D eigenvalue weighted by Crippen LogP contribution is -2.15. The summed E-state index contributed by atoms with van der Waals surface area (Å²) >= 11 is 0. The highest BCUT2D eigenvalue weighted by molar-refractivity contribution is 6.34. The lowest BCUT2D eigenvalue weighted by Gasteiger charge is -2.29. The van der Waals surface area contributed by atoms with Gasteiger partial charge in [-0.2, -0.15) is 0 Å². The van der Waals surface area contributed by atoms with Crippen molar-refractivity contribution in [3.05, 3.63) is 217 Å². The predicted molar refractivity (Wildman–Crippen MR) is 319 cm³/mol. The Balaban J connectivity index is 1.21. The molecule has 360 valence electrons. The van der Waals surface area contributed by atoms with Crippen molar-refractivity contribution < 1.29 is 0 Å². The first-order valence-electron chi connectivity index (χ1n) is 26.3. The van der Waals surface area contributed by atoms with E-state index in [2.05, 4.69) is 281 Å². The molecule has 4 heterocycles. The minimum Gasteiger partial charge on any atom is -0.308 e. The second-order valence-electron chi connectivity index (χ2n) is 23.9. The van der Waals surface area contributed by atoms with Crippen molar-refractivity contribution in [2.24, 2.45) is 0 Å². The zero-order valence-electron chi connectivity index (χ0n) is 43.8. The molecule has 4 aromatic heterocycles. The first-order chi connectivity index (χ1) is 35.6. The summed E-state index contributed by atoms with van der Waals surface area (Å²) in [4.78, 5) is 4.96. The van der Waals surface area contributed by atoms with Crippen LogP contribution in [0.2, 0.25) is 0 Å². The largest absolute Gasteiger partial charge is 0.308 e. The van der Waals surface area contributed by atoms with E-state index < -0.39 is 0 Å². The van der Waals surface area contributed by atoms with Gasteiger partial charge >= 0.3 is 0 Å². The van der Waals surface area contributed by atoms with Crippen molar-refractivity contribution in [1.29, 1.82) is 0 Å². The third-order valence-electron chi connectivity index (χ3n) is 16.1. The van der Waals surface area contributed by atoms with Crippen molar-refractivity contribution in [1.82, 2.24) is 8.80 Å². The SMILES string of the molecule is CC(C)(C)c1cc(N(c2ccccc2)c2ccccc2)c2c(c1)c1cc(C(C)(C)C)cc3c4cc5c(cc4n2c31)c1cc(C(C)(C)C)cc2c3c4ccccc4cc(N(c4ccccc4)c4ccccc4)c3n5c12. The number of anilines is 6. The highest BCUT2D eigenvalue weighted by atomic mass is 15.2. The molecule has 10 aromatic carbocycles. The van der Waals surface area contributed by atoms with Crippen molar-refractivity contribution in [3.63, 3.8) is 0 Å². The van der Waals surface area contributed by atoms with Gasteiger partial charge in [-0.05, 0) is 147 Å². The molecule has 0 spiro atoms. The highest BCUT2D eigenvalue weighted by Gasteiger charge is 2.32. The molecule has 0 saturated heterocycles. The minimum atomic E-state index is -0.107. The number of hydrogen-bond donors (Lipinski definition) is 0. The second kappa shape index (κ2) is 15.6. The molecule has 0 radical (unpaired) electrons. The fourth-order valence-electron chi connectivity index (χ4n) is 12.3. The average molecular weight is 957 g/mol. The lowest BCUT2D eigenvalue weighted by atomic mass is 9.84. The number of nitrogens with zero attached hydrogens (tertiary/aromatic N) is 4. The minimum absolute atomic E-state index is 0.0974. The Morgan fingerprint density at radius 3 is 1.07 bits per heavy atom. The van der Waals surface area contributed by atoms with E-state index in [9.17, 15) is 0 Å². The van der Waals surface area contributed by atoms with Crippen LogP contribution in [0.3, 0.4) is 0 Å². The third-order valence-corrected chi connectivity index (χ3v) is 16.1. The van der Waals surface area contributed by atoms with E-state index >= 15 is 0 Å². The summed E-state index contributed by atoms with van der Waals surface area (Å²) in [5.41, 5.74) is 17.9. The summed E-state index contributed by atoms with van der Waals surface area (Å²) in [5.74, 6) is 0. The summed E-state index contributed by atoms with van der Waals surface area (Å²) in [6.07, 6.45) is 0. The second-order valence-corrected chi connectivity index (χ2v) is 23.9. The number of rotatable bonds is 6. The number of para-hydroxylation sites is 4. The van der Waals surface area contributed by atoms with Gasteiger partial charge in [0.1, 0.15) is 0 Å². The molecule has 0 bridgehead atoms. The maximum absolute atomic E-state index is 2.65. The van der Waals surface area contributed by atoms with E-state index in [1.54, 1.807) is 0 Å². The topological polar surface area (TPSA) is 15.3 Å². The molecule has 0 aliphatic heterocycles. The van der Waals surface area contributed by atoms with Gasteiger partial charge in [-0.15, -0.1) is 0 Å². The van der Waals surface area contributed by atoms with E-state index in [1.165, 1.54) is 109 Å². The van der Waals surface area contributed by atoms with Gasteiger partial charge in [-0.25, -0.2) is 0 Å². The van der Waals surface area contributed by atoms with Crippen LogP contribution in [0.15, 0.2) is 200 Å². The molecule has 0 N–H and O–H groups in total. The number of benzene rings is 10. The maximum atomic E-state index is 2.65. The Morgan fingerprint density at radius 2 is 0.622 bits per heavy atom. The Hall–Kier alpha value is -8.34. The highest BCUT2D eigenvalue weighted by Crippen LogP contribution is 2.53. The van der Waals surface area contributed by atoms with E-state index in [0.717, 1.165) is 28.4 Å². The van der Waals surface area contributed by atoms with Gasteiger partial charge in [0.15, 0.2) is 0 Å². The molecule has 0 unspecified atom stereocenters. The zero-order valence-corrected chi connectivity index (χ0v) is 43.8. The molecule has 0 amide bonds. The van der Waals surface area contributed by atoms with Crippen LogP contribution in [-0.2, 0) is 16.2 Å². The van der Waals surface area contributed by atoms with Crippen LogP contribution in [-0.4, -0.2) is 8.80 Å². The standard InChI is InChI=1S/C70H60N4/c1-68(2,3)44-35-54-52-42-60-53(41-59(52)73-64(54)56(37-44)57-38-46(70(7,8)9)40-62(66(57)73)72(49-29-18-12-19-30-49)50-31-20-13-21-32-50)55-36-45(69(4,5)6)39-58-63-51-33-23-22-24-43(51)34-61(67(63)74(60)65(55)58)71(47-25-14-10-15-26-47)48-27-16-11-17-28-48/h10-42H,1-9H3. The van der Waals surface area contributed by atoms with Crippen LogP contribution in [0, 0.1) is 0 Å². The molecule has 0 aliphatic rings. The molecule has 0 saturated carbocycles. The predicted octanol–water partition coefficient (Wildman–Crippen LogP) is 20.0. The van der Waals surface area contributed by atoms with Gasteiger partial charge in [-0.3, -0.25) is 0 Å². The lowest BCUT2D eigenvalue weighted by molar-refractivity contribution is 0.591. The van der Waals surface area contributed by atoms with Gasteiger partial charge in [-0.1, -0.05) is 159 Å². The summed E-state index contributed by atoms with van der Waals surface area (Å²) in [6, 6.07) is 75.3.